The zero-order valence-electron chi connectivity index (χ0n) is 21.2. The molecule has 0 spiro atoms. The van der Waals surface area contributed by atoms with E-state index in [4.69, 9.17) is 18.1 Å². The van der Waals surface area contributed by atoms with Gasteiger partial charge in [0.05, 0.1) is 51.4 Å². The second kappa shape index (κ2) is 10.9. The van der Waals surface area contributed by atoms with Crippen LogP contribution in [-0.4, -0.2) is 57.5 Å². The molecule has 9 heteroatoms. The summed E-state index contributed by atoms with van der Waals surface area (Å²) in [5, 5.41) is 23.5. The normalized spacial score (nSPS) is 22.2. The SMILES string of the molecule is CC1(C)C(Cc2cc(CN3CCOCC3)on2)CC1N(Cc1ccc(CO)o1)Cc1occc1CO. The third-order valence-corrected chi connectivity index (χ3v) is 7.99. The Labute approximate surface area is 211 Å². The maximum Gasteiger partial charge on any atom is 0.150 e. The van der Waals surface area contributed by atoms with E-state index in [1.54, 1.807) is 6.26 Å². The van der Waals surface area contributed by atoms with Crippen LogP contribution in [0, 0.1) is 11.3 Å². The van der Waals surface area contributed by atoms with E-state index in [9.17, 15) is 10.2 Å². The summed E-state index contributed by atoms with van der Waals surface area (Å²) in [4.78, 5) is 4.70. The molecular weight excluding hydrogens is 462 g/mol. The maximum atomic E-state index is 9.72. The molecule has 36 heavy (non-hydrogen) atoms. The Balaban J connectivity index is 1.25. The minimum Gasteiger partial charge on any atom is -0.468 e. The van der Waals surface area contributed by atoms with E-state index in [1.165, 1.54) is 0 Å². The van der Waals surface area contributed by atoms with E-state index in [-0.39, 0.29) is 18.6 Å². The van der Waals surface area contributed by atoms with Gasteiger partial charge in [0.1, 0.15) is 23.9 Å². The molecule has 1 saturated heterocycles. The highest BCUT2D eigenvalue weighted by molar-refractivity contribution is 5.18. The van der Waals surface area contributed by atoms with Crippen LogP contribution in [-0.2, 0) is 44.0 Å². The molecule has 5 rings (SSSR count). The van der Waals surface area contributed by atoms with Crippen LogP contribution in [0.5, 0.6) is 0 Å². The van der Waals surface area contributed by atoms with Crippen molar-refractivity contribution in [3.8, 4) is 0 Å². The van der Waals surface area contributed by atoms with Gasteiger partial charge < -0.3 is 28.3 Å². The molecule has 1 aliphatic carbocycles. The average Bonchev–Trinajstić information content (AvgIpc) is 3.63. The van der Waals surface area contributed by atoms with Crippen molar-refractivity contribution in [3.05, 3.63) is 64.8 Å². The first-order valence-electron chi connectivity index (χ1n) is 12.8. The van der Waals surface area contributed by atoms with E-state index in [1.807, 2.05) is 18.2 Å². The molecule has 196 valence electrons. The summed E-state index contributed by atoms with van der Waals surface area (Å²) in [5.41, 5.74) is 1.84. The molecule has 3 aromatic rings. The molecule has 2 aliphatic rings. The van der Waals surface area contributed by atoms with Crippen LogP contribution in [0.4, 0.5) is 0 Å². The van der Waals surface area contributed by atoms with E-state index in [0.29, 0.717) is 30.8 Å². The Morgan fingerprint density at radius 1 is 1.06 bits per heavy atom. The summed E-state index contributed by atoms with van der Waals surface area (Å²) in [7, 11) is 0. The van der Waals surface area contributed by atoms with Gasteiger partial charge in [-0.15, -0.1) is 0 Å². The predicted molar refractivity (Wildman–Crippen MR) is 130 cm³/mol. The van der Waals surface area contributed by atoms with E-state index in [0.717, 1.165) is 74.2 Å². The van der Waals surface area contributed by atoms with Gasteiger partial charge in [0.2, 0.25) is 0 Å². The van der Waals surface area contributed by atoms with E-state index >= 15 is 0 Å². The number of aromatic nitrogens is 1. The quantitative estimate of drug-likeness (QED) is 0.411. The average molecular weight is 500 g/mol. The molecule has 2 unspecified atom stereocenters. The first-order valence-corrected chi connectivity index (χ1v) is 12.8. The molecule has 2 fully saturated rings. The van der Waals surface area contributed by atoms with Crippen LogP contribution in [0.3, 0.4) is 0 Å². The number of aliphatic hydroxyl groups is 2. The second-order valence-electron chi connectivity index (χ2n) is 10.6. The van der Waals surface area contributed by atoms with Crippen LogP contribution in [0.15, 0.2) is 43.9 Å². The monoisotopic (exact) mass is 499 g/mol. The molecule has 0 aromatic carbocycles. The van der Waals surface area contributed by atoms with Crippen LogP contribution in [0.25, 0.3) is 0 Å². The molecule has 0 amide bonds. The van der Waals surface area contributed by atoms with Gasteiger partial charge in [0, 0.05) is 30.8 Å². The number of ether oxygens (including phenoxy) is 1. The van der Waals surface area contributed by atoms with Crippen molar-refractivity contribution in [1.29, 1.82) is 0 Å². The minimum atomic E-state index is -0.116. The van der Waals surface area contributed by atoms with Crippen molar-refractivity contribution in [2.75, 3.05) is 26.3 Å². The van der Waals surface area contributed by atoms with Crippen molar-refractivity contribution in [3.63, 3.8) is 0 Å². The summed E-state index contributed by atoms with van der Waals surface area (Å²) in [6.07, 6.45) is 3.52. The fraction of sp³-hybridized carbons (Fsp3) is 0.593. The first kappa shape index (κ1) is 25.2. The van der Waals surface area contributed by atoms with Crippen molar-refractivity contribution >= 4 is 0 Å². The number of hydrogen-bond donors (Lipinski definition) is 2. The second-order valence-corrected chi connectivity index (χ2v) is 10.6. The summed E-state index contributed by atoms with van der Waals surface area (Å²) < 4.78 is 22.6. The number of morpholine rings is 1. The minimum absolute atomic E-state index is 0.0295. The largest absolute Gasteiger partial charge is 0.468 e. The van der Waals surface area contributed by atoms with Crippen LogP contribution in [0.1, 0.15) is 54.6 Å². The molecule has 1 aliphatic heterocycles. The third-order valence-electron chi connectivity index (χ3n) is 7.99. The van der Waals surface area contributed by atoms with Gasteiger partial charge in [-0.1, -0.05) is 19.0 Å². The molecule has 4 heterocycles. The molecule has 2 atom stereocenters. The highest BCUT2D eigenvalue weighted by atomic mass is 16.5. The highest BCUT2D eigenvalue weighted by Gasteiger charge is 2.51. The Hall–Kier alpha value is -2.43. The molecule has 2 N–H and O–H groups in total. The van der Waals surface area contributed by atoms with Crippen LogP contribution < -0.4 is 0 Å². The number of furan rings is 2. The lowest BCUT2D eigenvalue weighted by atomic mass is 9.56. The molecule has 0 bridgehead atoms. The predicted octanol–water partition coefficient (Wildman–Crippen LogP) is 3.34. The van der Waals surface area contributed by atoms with E-state index in [2.05, 4.69) is 34.9 Å². The summed E-state index contributed by atoms with van der Waals surface area (Å²) in [6, 6.07) is 7.95. The van der Waals surface area contributed by atoms with Crippen LogP contribution >= 0.6 is 0 Å². The Bertz CT molecular complexity index is 1110. The van der Waals surface area contributed by atoms with Gasteiger partial charge in [-0.05, 0) is 42.4 Å². The summed E-state index contributed by atoms with van der Waals surface area (Å²) in [6.45, 7) is 9.79. The molecular formula is C27H37N3O6. The fourth-order valence-corrected chi connectivity index (χ4v) is 5.61. The summed E-state index contributed by atoms with van der Waals surface area (Å²) in [5.74, 6) is 3.51. The maximum absolute atomic E-state index is 9.72. The van der Waals surface area contributed by atoms with Crippen molar-refractivity contribution in [1.82, 2.24) is 15.0 Å². The summed E-state index contributed by atoms with van der Waals surface area (Å²) >= 11 is 0. The van der Waals surface area contributed by atoms with Gasteiger partial charge in [0.15, 0.2) is 5.76 Å². The molecule has 0 radical (unpaired) electrons. The number of hydrogen-bond acceptors (Lipinski definition) is 9. The molecule has 1 saturated carbocycles. The van der Waals surface area contributed by atoms with Gasteiger partial charge in [-0.25, -0.2) is 0 Å². The zero-order chi connectivity index (χ0) is 25.1. The van der Waals surface area contributed by atoms with Gasteiger partial charge in [0.25, 0.3) is 0 Å². The van der Waals surface area contributed by atoms with Crippen LogP contribution in [0.2, 0.25) is 0 Å². The Morgan fingerprint density at radius 2 is 1.86 bits per heavy atom. The number of nitrogens with zero attached hydrogens (tertiary/aromatic N) is 3. The number of rotatable bonds is 11. The highest BCUT2D eigenvalue weighted by Crippen LogP contribution is 2.51. The number of aliphatic hydroxyl groups excluding tert-OH is 2. The first-order chi connectivity index (χ1) is 17.5. The van der Waals surface area contributed by atoms with Gasteiger partial charge in [-0.2, -0.15) is 0 Å². The third kappa shape index (κ3) is 5.45. The standard InChI is InChI=1S/C27H37N3O6/c1-27(2)20(11-21-13-24(36-28-21)14-29-6-9-33-10-7-29)12-26(27)30(15-22-3-4-23(18-32)35-22)16-25-19(17-31)5-8-34-25/h3-5,8,13,20,26,31-32H,6-7,9-12,14-18H2,1-2H3. The van der Waals surface area contributed by atoms with Gasteiger partial charge in [-0.3, -0.25) is 9.80 Å². The lowest BCUT2D eigenvalue weighted by Crippen LogP contribution is -2.58. The Morgan fingerprint density at radius 3 is 2.58 bits per heavy atom. The lowest BCUT2D eigenvalue weighted by molar-refractivity contribution is -0.0754. The fourth-order valence-electron chi connectivity index (χ4n) is 5.61. The molecule has 9 nitrogen and oxygen atoms in total. The molecule has 3 aromatic heterocycles. The van der Waals surface area contributed by atoms with Gasteiger partial charge >= 0.3 is 0 Å². The zero-order valence-corrected chi connectivity index (χ0v) is 21.2. The van der Waals surface area contributed by atoms with Crippen molar-refractivity contribution < 1.29 is 28.3 Å². The smallest absolute Gasteiger partial charge is 0.150 e. The van der Waals surface area contributed by atoms with Crippen molar-refractivity contribution in [2.45, 2.75) is 65.6 Å². The van der Waals surface area contributed by atoms with Crippen molar-refractivity contribution in [2.24, 2.45) is 11.3 Å². The Kier molecular flexibility index (Phi) is 7.64. The van der Waals surface area contributed by atoms with E-state index < -0.39 is 0 Å². The topological polar surface area (TPSA) is 108 Å². The lowest BCUT2D eigenvalue weighted by Gasteiger charge is -2.56.